The number of quaternary nitrogens is 1. The van der Waals surface area contributed by atoms with Crippen LogP contribution in [0.4, 0.5) is 10.5 Å². The zero-order chi connectivity index (χ0) is 16.7. The number of carbonyl (C=O) groups is 2. The van der Waals surface area contributed by atoms with E-state index in [1.165, 1.54) is 16.2 Å². The lowest BCUT2D eigenvalue weighted by Crippen LogP contribution is -3.16. The molecule has 1 aromatic rings. The number of amides is 3. The molecule has 1 aliphatic rings. The molecule has 1 saturated heterocycles. The maximum atomic E-state index is 11.9. The van der Waals surface area contributed by atoms with Crippen LogP contribution in [0.5, 0.6) is 0 Å². The number of anilines is 1. The Kier molecular flexibility index (Phi) is 6.40. The molecule has 3 amide bonds. The minimum absolute atomic E-state index is 0.210. The van der Waals surface area contributed by atoms with Crippen LogP contribution >= 0.6 is 0 Å². The average Bonchev–Trinajstić information content (AvgIpc) is 2.54. The Morgan fingerprint density at radius 3 is 2.57 bits per heavy atom. The summed E-state index contributed by atoms with van der Waals surface area (Å²) in [6.45, 7) is 8.68. The summed E-state index contributed by atoms with van der Waals surface area (Å²) in [5.41, 5.74) is 2.55. The Morgan fingerprint density at radius 1 is 1.22 bits per heavy atom. The fourth-order valence-electron chi connectivity index (χ4n) is 2.84. The van der Waals surface area contributed by atoms with Crippen molar-refractivity contribution in [1.82, 2.24) is 10.6 Å². The van der Waals surface area contributed by atoms with Gasteiger partial charge in [0.2, 0.25) is 0 Å². The third kappa shape index (κ3) is 5.25. The van der Waals surface area contributed by atoms with Crippen molar-refractivity contribution in [3.63, 3.8) is 0 Å². The summed E-state index contributed by atoms with van der Waals surface area (Å²) in [5, 5.41) is 5.04. The van der Waals surface area contributed by atoms with Crippen LogP contribution in [0.3, 0.4) is 0 Å². The highest BCUT2D eigenvalue weighted by atomic mass is 16.2. The molecule has 0 bridgehead atoms. The molecule has 1 heterocycles. The van der Waals surface area contributed by atoms with Crippen LogP contribution in [0.1, 0.15) is 18.9 Å². The smallest absolute Gasteiger partial charge is 0.321 e. The predicted molar refractivity (Wildman–Crippen MR) is 90.8 cm³/mol. The molecule has 23 heavy (non-hydrogen) atoms. The van der Waals surface area contributed by atoms with Crippen LogP contribution in [-0.2, 0) is 4.79 Å². The molecule has 1 fully saturated rings. The van der Waals surface area contributed by atoms with Gasteiger partial charge in [-0.25, -0.2) is 4.79 Å². The van der Waals surface area contributed by atoms with Crippen molar-refractivity contribution in [2.75, 3.05) is 44.2 Å². The lowest BCUT2D eigenvalue weighted by atomic mass is 10.1. The average molecular weight is 319 g/mol. The number of nitrogens with one attached hydrogen (secondary N) is 3. The van der Waals surface area contributed by atoms with Crippen molar-refractivity contribution in [3.8, 4) is 0 Å². The SMILES string of the molecule is CCCNC(=O)NC(=O)C[NH+]1CCN(c2ccccc2C)CC1. The number of aryl methyl sites for hydroxylation is 1. The molecular weight excluding hydrogens is 292 g/mol. The van der Waals surface area contributed by atoms with Crippen molar-refractivity contribution in [3.05, 3.63) is 29.8 Å². The molecule has 0 spiro atoms. The van der Waals surface area contributed by atoms with E-state index < -0.39 is 6.03 Å². The third-order valence-electron chi connectivity index (χ3n) is 4.13. The van der Waals surface area contributed by atoms with E-state index in [4.69, 9.17) is 0 Å². The quantitative estimate of drug-likeness (QED) is 0.712. The highest BCUT2D eigenvalue weighted by molar-refractivity contribution is 5.94. The first-order valence-electron chi connectivity index (χ1n) is 8.32. The van der Waals surface area contributed by atoms with E-state index in [1.54, 1.807) is 0 Å². The zero-order valence-electron chi connectivity index (χ0n) is 14.0. The molecule has 6 nitrogen and oxygen atoms in total. The standard InChI is InChI=1S/C17H26N4O2/c1-3-8-18-17(23)19-16(22)13-20-9-11-21(12-10-20)15-7-5-4-6-14(15)2/h4-7H,3,8-13H2,1-2H3,(H2,18,19,22,23)/p+1. The van der Waals surface area contributed by atoms with E-state index in [9.17, 15) is 9.59 Å². The highest BCUT2D eigenvalue weighted by Gasteiger charge is 2.23. The number of piperazine rings is 1. The second kappa shape index (κ2) is 8.53. The molecular formula is C17H27N4O2+. The van der Waals surface area contributed by atoms with Gasteiger partial charge >= 0.3 is 6.03 Å². The van der Waals surface area contributed by atoms with Gasteiger partial charge in [-0.05, 0) is 25.0 Å². The first kappa shape index (κ1) is 17.3. The first-order chi connectivity index (χ1) is 11.1. The van der Waals surface area contributed by atoms with E-state index in [2.05, 4.69) is 40.7 Å². The largest absolute Gasteiger partial charge is 0.360 e. The molecule has 0 saturated carbocycles. The van der Waals surface area contributed by atoms with Gasteiger partial charge in [0.25, 0.3) is 5.91 Å². The number of para-hydroxylation sites is 1. The highest BCUT2D eigenvalue weighted by Crippen LogP contribution is 2.18. The molecule has 126 valence electrons. The third-order valence-corrected chi connectivity index (χ3v) is 4.13. The number of rotatable bonds is 5. The monoisotopic (exact) mass is 319 g/mol. The van der Waals surface area contributed by atoms with Crippen molar-refractivity contribution in [1.29, 1.82) is 0 Å². The van der Waals surface area contributed by atoms with Crippen LogP contribution in [0.15, 0.2) is 24.3 Å². The van der Waals surface area contributed by atoms with E-state index in [1.807, 2.05) is 13.0 Å². The number of urea groups is 1. The van der Waals surface area contributed by atoms with Crippen LogP contribution < -0.4 is 20.4 Å². The van der Waals surface area contributed by atoms with Gasteiger partial charge < -0.3 is 15.1 Å². The Morgan fingerprint density at radius 2 is 1.91 bits per heavy atom. The van der Waals surface area contributed by atoms with E-state index in [0.717, 1.165) is 32.6 Å². The van der Waals surface area contributed by atoms with Crippen molar-refractivity contribution < 1.29 is 14.5 Å². The predicted octanol–water partition coefficient (Wildman–Crippen LogP) is -0.0643. The molecule has 2 rings (SSSR count). The van der Waals surface area contributed by atoms with Crippen LogP contribution in [0.2, 0.25) is 0 Å². The molecule has 3 N–H and O–H groups in total. The fourth-order valence-corrected chi connectivity index (χ4v) is 2.84. The summed E-state index contributed by atoms with van der Waals surface area (Å²) in [4.78, 5) is 26.9. The topological polar surface area (TPSA) is 65.9 Å². The van der Waals surface area contributed by atoms with Gasteiger partial charge in [0.1, 0.15) is 0 Å². The summed E-state index contributed by atoms with van der Waals surface area (Å²) in [5.74, 6) is -0.210. The van der Waals surface area contributed by atoms with Crippen LogP contribution in [-0.4, -0.2) is 51.2 Å². The second-order valence-corrected chi connectivity index (χ2v) is 6.00. The zero-order valence-corrected chi connectivity index (χ0v) is 14.0. The van der Waals surface area contributed by atoms with Gasteiger partial charge in [-0.2, -0.15) is 0 Å². The summed E-state index contributed by atoms with van der Waals surface area (Å²) in [6.07, 6.45) is 0.855. The Bertz CT molecular complexity index is 539. The van der Waals surface area contributed by atoms with Crippen LogP contribution in [0.25, 0.3) is 0 Å². The molecule has 6 heteroatoms. The second-order valence-electron chi connectivity index (χ2n) is 6.00. The van der Waals surface area contributed by atoms with Gasteiger partial charge in [0.15, 0.2) is 6.54 Å². The Hall–Kier alpha value is -2.08. The van der Waals surface area contributed by atoms with Gasteiger partial charge in [0.05, 0.1) is 26.2 Å². The minimum atomic E-state index is -0.394. The number of benzene rings is 1. The molecule has 0 aromatic heterocycles. The Balaban J connectivity index is 1.75. The van der Waals surface area contributed by atoms with Crippen molar-refractivity contribution in [2.24, 2.45) is 0 Å². The number of nitrogens with zero attached hydrogens (tertiary/aromatic N) is 1. The summed E-state index contributed by atoms with van der Waals surface area (Å²) in [6, 6.07) is 7.98. The minimum Gasteiger partial charge on any atom is -0.360 e. The number of hydrogen-bond donors (Lipinski definition) is 3. The number of imide groups is 1. The van der Waals surface area contributed by atoms with E-state index >= 15 is 0 Å². The van der Waals surface area contributed by atoms with Crippen molar-refractivity contribution in [2.45, 2.75) is 20.3 Å². The summed E-state index contributed by atoms with van der Waals surface area (Å²) in [7, 11) is 0. The molecule has 1 aromatic carbocycles. The van der Waals surface area contributed by atoms with Gasteiger partial charge in [-0.15, -0.1) is 0 Å². The van der Waals surface area contributed by atoms with Gasteiger partial charge in [-0.3, -0.25) is 10.1 Å². The normalized spacial score (nSPS) is 15.3. The molecule has 0 atom stereocenters. The van der Waals surface area contributed by atoms with Crippen molar-refractivity contribution >= 4 is 17.6 Å². The summed E-state index contributed by atoms with van der Waals surface area (Å²) < 4.78 is 0. The summed E-state index contributed by atoms with van der Waals surface area (Å²) >= 11 is 0. The number of carbonyl (C=O) groups excluding carboxylic acids is 2. The van der Waals surface area contributed by atoms with Gasteiger partial charge in [-0.1, -0.05) is 25.1 Å². The number of hydrogen-bond acceptors (Lipinski definition) is 3. The molecule has 0 aliphatic carbocycles. The fraction of sp³-hybridized carbons (Fsp3) is 0.529. The Labute approximate surface area is 137 Å². The lowest BCUT2D eigenvalue weighted by molar-refractivity contribution is -0.892. The van der Waals surface area contributed by atoms with E-state index in [-0.39, 0.29) is 5.91 Å². The van der Waals surface area contributed by atoms with Gasteiger partial charge in [0, 0.05) is 12.2 Å². The lowest BCUT2D eigenvalue weighted by Gasteiger charge is -2.34. The molecule has 0 unspecified atom stereocenters. The molecule has 0 radical (unpaired) electrons. The molecule has 1 aliphatic heterocycles. The van der Waals surface area contributed by atoms with Crippen LogP contribution in [0, 0.1) is 6.92 Å². The van der Waals surface area contributed by atoms with E-state index in [0.29, 0.717) is 13.1 Å². The maximum Gasteiger partial charge on any atom is 0.321 e. The maximum absolute atomic E-state index is 11.9. The first-order valence-corrected chi connectivity index (χ1v) is 8.32.